The zero-order valence-corrected chi connectivity index (χ0v) is 11.6. The van der Waals surface area contributed by atoms with E-state index in [1.807, 2.05) is 0 Å². The maximum absolute atomic E-state index is 5.39. The molecule has 0 aromatic heterocycles. The fraction of sp³-hybridized carbons (Fsp3) is 0.625. The van der Waals surface area contributed by atoms with Crippen LogP contribution in [-0.2, 0) is 15.9 Å². The molecule has 0 aromatic carbocycles. The van der Waals surface area contributed by atoms with Crippen molar-refractivity contribution in [3.63, 3.8) is 0 Å². The molecule has 0 bridgehead atoms. The van der Waals surface area contributed by atoms with E-state index in [2.05, 4.69) is 32.0 Å². The SMILES string of the molecule is CCCC1COCCO1.CCCc1cc2ccc1=2. The zero-order chi connectivity index (χ0) is 12.8. The predicted octanol–water partition coefficient (Wildman–Crippen LogP) is 3.44. The van der Waals surface area contributed by atoms with Crippen LogP contribution in [0.1, 0.15) is 38.7 Å². The fourth-order valence-corrected chi connectivity index (χ4v) is 2.37. The van der Waals surface area contributed by atoms with Crippen molar-refractivity contribution in [2.45, 2.75) is 45.6 Å². The van der Waals surface area contributed by atoms with E-state index in [1.165, 1.54) is 29.7 Å². The maximum atomic E-state index is 5.39. The van der Waals surface area contributed by atoms with Crippen LogP contribution in [0, 0.1) is 10.4 Å². The Balaban J connectivity index is 0.000000134. The second-order valence-corrected chi connectivity index (χ2v) is 4.98. The lowest BCUT2D eigenvalue weighted by Crippen LogP contribution is -2.28. The smallest absolute Gasteiger partial charge is 0.0809 e. The molecule has 1 heterocycles. The molecule has 1 atom stereocenters. The number of hydrogen-bond acceptors (Lipinski definition) is 2. The van der Waals surface area contributed by atoms with E-state index in [0.717, 1.165) is 26.2 Å². The quantitative estimate of drug-likeness (QED) is 0.825. The first-order valence-electron chi connectivity index (χ1n) is 7.17. The third-order valence-electron chi connectivity index (χ3n) is 3.43. The monoisotopic (exact) mass is 248 g/mol. The summed E-state index contributed by atoms with van der Waals surface area (Å²) in [5.41, 5.74) is 1.56. The molecule has 18 heavy (non-hydrogen) atoms. The highest BCUT2D eigenvalue weighted by atomic mass is 16.6. The van der Waals surface area contributed by atoms with E-state index in [0.29, 0.717) is 6.10 Å². The summed E-state index contributed by atoms with van der Waals surface area (Å²) in [4.78, 5) is 0. The standard InChI is InChI=1S/C9H10.C7H14O2/c1-2-3-7-6-8-4-5-9(7)8;1-2-3-7-6-8-4-5-9-7/h4-6H,2-3H2,1H3;7H,2-6H2,1H3. The minimum Gasteiger partial charge on any atom is -0.376 e. The van der Waals surface area contributed by atoms with Gasteiger partial charge in [-0.25, -0.2) is 0 Å². The minimum absolute atomic E-state index is 0.378. The Morgan fingerprint density at radius 2 is 2.06 bits per heavy atom. The Hall–Kier alpha value is -0.860. The van der Waals surface area contributed by atoms with Gasteiger partial charge in [-0.05, 0) is 28.8 Å². The molecule has 1 fully saturated rings. The lowest BCUT2D eigenvalue weighted by Gasteiger charge is -2.21. The van der Waals surface area contributed by atoms with Gasteiger partial charge in [0.25, 0.3) is 0 Å². The van der Waals surface area contributed by atoms with Crippen molar-refractivity contribution in [3.8, 4) is 0 Å². The van der Waals surface area contributed by atoms with Gasteiger partial charge in [-0.1, -0.05) is 44.9 Å². The summed E-state index contributed by atoms with van der Waals surface area (Å²) in [5.74, 6) is 0. The van der Waals surface area contributed by atoms with Gasteiger partial charge in [0.1, 0.15) is 0 Å². The van der Waals surface area contributed by atoms with Gasteiger partial charge in [-0.15, -0.1) is 0 Å². The summed E-state index contributed by atoms with van der Waals surface area (Å²) >= 11 is 0. The molecule has 100 valence electrons. The van der Waals surface area contributed by atoms with Crippen LogP contribution in [0.5, 0.6) is 0 Å². The normalized spacial score (nSPS) is 20.0. The summed E-state index contributed by atoms with van der Waals surface area (Å²) in [7, 11) is 0. The fourth-order valence-electron chi connectivity index (χ4n) is 2.37. The minimum atomic E-state index is 0.378. The molecule has 0 N–H and O–H groups in total. The third kappa shape index (κ3) is 3.33. The van der Waals surface area contributed by atoms with Crippen LogP contribution in [0.15, 0.2) is 18.2 Å². The molecule has 0 spiro atoms. The molecule has 1 aliphatic heterocycles. The van der Waals surface area contributed by atoms with Crippen LogP contribution in [-0.4, -0.2) is 25.9 Å². The van der Waals surface area contributed by atoms with Crippen molar-refractivity contribution in [2.24, 2.45) is 0 Å². The predicted molar refractivity (Wildman–Crippen MR) is 73.6 cm³/mol. The molecule has 0 amide bonds. The third-order valence-corrected chi connectivity index (χ3v) is 3.43. The van der Waals surface area contributed by atoms with Gasteiger partial charge < -0.3 is 9.47 Å². The van der Waals surface area contributed by atoms with Crippen LogP contribution in [0.3, 0.4) is 0 Å². The van der Waals surface area contributed by atoms with Crippen LogP contribution >= 0.6 is 0 Å². The molecular weight excluding hydrogens is 224 g/mol. The van der Waals surface area contributed by atoms with E-state index in [-0.39, 0.29) is 0 Å². The largest absolute Gasteiger partial charge is 0.376 e. The van der Waals surface area contributed by atoms with Crippen molar-refractivity contribution < 1.29 is 9.47 Å². The molecule has 3 aliphatic rings. The summed E-state index contributed by atoms with van der Waals surface area (Å²) < 4.78 is 10.6. The molecule has 2 heteroatoms. The van der Waals surface area contributed by atoms with Crippen molar-refractivity contribution in [2.75, 3.05) is 19.8 Å². The van der Waals surface area contributed by atoms with Gasteiger partial charge in [-0.2, -0.15) is 0 Å². The molecule has 1 unspecified atom stereocenters. The highest BCUT2D eigenvalue weighted by Gasteiger charge is 2.11. The molecule has 0 aromatic rings. The average molecular weight is 248 g/mol. The molecule has 0 radical (unpaired) electrons. The Morgan fingerprint density at radius 1 is 1.17 bits per heavy atom. The molecular formula is C16H24O2. The van der Waals surface area contributed by atoms with E-state index < -0.39 is 0 Å². The Bertz CT molecular complexity index is 444. The molecule has 2 aliphatic carbocycles. The van der Waals surface area contributed by atoms with Gasteiger partial charge in [0, 0.05) is 0 Å². The van der Waals surface area contributed by atoms with Gasteiger partial charge >= 0.3 is 0 Å². The summed E-state index contributed by atoms with van der Waals surface area (Å²) in [6, 6.07) is 6.67. The van der Waals surface area contributed by atoms with Crippen molar-refractivity contribution in [1.82, 2.24) is 0 Å². The first-order valence-corrected chi connectivity index (χ1v) is 7.17. The van der Waals surface area contributed by atoms with Crippen molar-refractivity contribution in [3.05, 3.63) is 34.2 Å². The molecule has 0 saturated carbocycles. The highest BCUT2D eigenvalue weighted by Crippen LogP contribution is 2.16. The molecule has 3 rings (SSSR count). The second-order valence-electron chi connectivity index (χ2n) is 4.98. The Morgan fingerprint density at radius 3 is 2.50 bits per heavy atom. The van der Waals surface area contributed by atoms with Gasteiger partial charge in [0.05, 0.1) is 25.9 Å². The topological polar surface area (TPSA) is 18.5 Å². The Labute approximate surface area is 110 Å². The number of hydrogen-bond donors (Lipinski definition) is 0. The number of ether oxygens (including phenoxy) is 2. The van der Waals surface area contributed by atoms with E-state index in [9.17, 15) is 0 Å². The maximum Gasteiger partial charge on any atom is 0.0809 e. The second kappa shape index (κ2) is 6.91. The first-order chi connectivity index (χ1) is 8.85. The van der Waals surface area contributed by atoms with Gasteiger partial charge in [0.2, 0.25) is 0 Å². The number of rotatable bonds is 4. The van der Waals surface area contributed by atoms with E-state index in [1.54, 1.807) is 5.56 Å². The lowest BCUT2D eigenvalue weighted by atomic mass is 9.96. The van der Waals surface area contributed by atoms with Crippen molar-refractivity contribution in [1.29, 1.82) is 0 Å². The van der Waals surface area contributed by atoms with Crippen molar-refractivity contribution >= 4 is 0 Å². The summed E-state index contributed by atoms with van der Waals surface area (Å²) in [5, 5.41) is 3.00. The zero-order valence-electron chi connectivity index (χ0n) is 11.6. The van der Waals surface area contributed by atoms with E-state index in [4.69, 9.17) is 9.47 Å². The number of benzene rings is 1. The van der Waals surface area contributed by atoms with Crippen LogP contribution in [0.25, 0.3) is 0 Å². The first kappa shape index (κ1) is 13.6. The summed E-state index contributed by atoms with van der Waals surface area (Å²) in [6.45, 7) is 6.75. The van der Waals surface area contributed by atoms with E-state index >= 15 is 0 Å². The van der Waals surface area contributed by atoms with Gasteiger partial charge in [-0.3, -0.25) is 0 Å². The molecule has 2 nitrogen and oxygen atoms in total. The Kier molecular flexibility index (Phi) is 5.21. The number of aryl methyl sites for hydroxylation is 1. The average Bonchev–Trinajstić information content (AvgIpc) is 2.38. The highest BCUT2D eigenvalue weighted by molar-refractivity contribution is 5.33. The van der Waals surface area contributed by atoms with Gasteiger partial charge in [0.15, 0.2) is 0 Å². The van der Waals surface area contributed by atoms with Crippen LogP contribution in [0.4, 0.5) is 0 Å². The lowest BCUT2D eigenvalue weighted by molar-refractivity contribution is -0.0906. The van der Waals surface area contributed by atoms with Crippen LogP contribution < -0.4 is 0 Å². The summed E-state index contributed by atoms with van der Waals surface area (Å²) in [6.07, 6.45) is 5.25. The molecule has 1 saturated heterocycles. The van der Waals surface area contributed by atoms with Crippen LogP contribution in [0.2, 0.25) is 0 Å².